The van der Waals surface area contributed by atoms with Gasteiger partial charge in [-0.25, -0.2) is 4.98 Å². The van der Waals surface area contributed by atoms with Gasteiger partial charge in [-0.15, -0.1) is 22.7 Å². The molecule has 3 aromatic rings. The Morgan fingerprint density at radius 3 is 2.88 bits per heavy atom. The maximum absolute atomic E-state index is 12.1. The van der Waals surface area contributed by atoms with Crippen molar-refractivity contribution >= 4 is 28.6 Å². The molecule has 0 aliphatic rings. The van der Waals surface area contributed by atoms with E-state index in [1.165, 1.54) is 11.3 Å². The molecular formula is C17H17N3O2S2. The number of thiophene rings is 1. The van der Waals surface area contributed by atoms with E-state index in [-0.39, 0.29) is 24.4 Å². The van der Waals surface area contributed by atoms with Gasteiger partial charge in [0.25, 0.3) is 5.56 Å². The minimum Gasteiger partial charge on any atom is -0.351 e. The normalized spacial score (nSPS) is 10.8. The number of hydrogen-bond acceptors (Lipinski definition) is 5. The summed E-state index contributed by atoms with van der Waals surface area (Å²) in [6.07, 6.45) is 0.213. The van der Waals surface area contributed by atoms with Crippen LogP contribution in [0.5, 0.6) is 0 Å². The molecule has 24 heavy (non-hydrogen) atoms. The van der Waals surface area contributed by atoms with E-state index in [0.717, 1.165) is 26.8 Å². The van der Waals surface area contributed by atoms with Crippen LogP contribution < -0.4 is 10.9 Å². The van der Waals surface area contributed by atoms with Crippen LogP contribution in [-0.2, 0) is 17.8 Å². The average molecular weight is 359 g/mol. The van der Waals surface area contributed by atoms with Crippen molar-refractivity contribution in [2.24, 2.45) is 0 Å². The van der Waals surface area contributed by atoms with Crippen molar-refractivity contribution in [1.82, 2.24) is 15.3 Å². The Balaban J connectivity index is 1.62. The number of pyridine rings is 1. The van der Waals surface area contributed by atoms with Crippen molar-refractivity contribution in [3.63, 3.8) is 0 Å². The fourth-order valence-electron chi connectivity index (χ4n) is 2.42. The Morgan fingerprint density at radius 1 is 1.33 bits per heavy atom. The summed E-state index contributed by atoms with van der Waals surface area (Å²) < 4.78 is 0. The molecule has 0 atom stereocenters. The molecule has 0 fully saturated rings. The van der Waals surface area contributed by atoms with Gasteiger partial charge in [-0.1, -0.05) is 6.07 Å². The lowest BCUT2D eigenvalue weighted by atomic mass is 10.1. The van der Waals surface area contributed by atoms with E-state index in [4.69, 9.17) is 0 Å². The van der Waals surface area contributed by atoms with E-state index in [1.54, 1.807) is 11.3 Å². The zero-order valence-corrected chi connectivity index (χ0v) is 15.0. The number of nitrogens with zero attached hydrogens (tertiary/aromatic N) is 1. The zero-order chi connectivity index (χ0) is 17.1. The molecule has 3 heterocycles. The highest BCUT2D eigenvalue weighted by atomic mass is 32.1. The van der Waals surface area contributed by atoms with Crippen LogP contribution in [0.3, 0.4) is 0 Å². The Kier molecular flexibility index (Phi) is 4.92. The summed E-state index contributed by atoms with van der Waals surface area (Å²) in [5, 5.41) is 7.64. The number of aryl methyl sites for hydroxylation is 2. The molecule has 0 spiro atoms. The number of hydrogen-bond donors (Lipinski definition) is 2. The second-order valence-electron chi connectivity index (χ2n) is 5.52. The fourth-order valence-corrected chi connectivity index (χ4v) is 4.05. The maximum Gasteiger partial charge on any atom is 0.253 e. The van der Waals surface area contributed by atoms with E-state index in [0.29, 0.717) is 5.56 Å². The zero-order valence-electron chi connectivity index (χ0n) is 13.4. The van der Waals surface area contributed by atoms with Crippen LogP contribution in [0.25, 0.3) is 9.88 Å². The molecule has 3 aromatic heterocycles. The van der Waals surface area contributed by atoms with Gasteiger partial charge < -0.3 is 10.3 Å². The molecule has 0 unspecified atom stereocenters. The minimum atomic E-state index is -0.151. The number of H-pyrrole nitrogens is 1. The molecule has 5 nitrogen and oxygen atoms in total. The van der Waals surface area contributed by atoms with Gasteiger partial charge in [0.1, 0.15) is 5.01 Å². The summed E-state index contributed by atoms with van der Waals surface area (Å²) >= 11 is 3.16. The van der Waals surface area contributed by atoms with Gasteiger partial charge in [0.05, 0.1) is 17.0 Å². The van der Waals surface area contributed by atoms with Crippen LogP contribution in [0.1, 0.15) is 22.5 Å². The predicted octanol–water partition coefficient (Wildman–Crippen LogP) is 3.04. The number of thiazole rings is 1. The van der Waals surface area contributed by atoms with Crippen molar-refractivity contribution < 1.29 is 4.79 Å². The second-order valence-corrected chi connectivity index (χ2v) is 7.32. The lowest BCUT2D eigenvalue weighted by Crippen LogP contribution is -2.29. The number of carbonyl (C=O) groups is 1. The van der Waals surface area contributed by atoms with Crippen LogP contribution >= 0.6 is 22.7 Å². The van der Waals surface area contributed by atoms with E-state index in [9.17, 15) is 9.59 Å². The fraction of sp³-hybridized carbons (Fsp3) is 0.235. The molecule has 3 rings (SSSR count). The van der Waals surface area contributed by atoms with E-state index in [2.05, 4.69) is 15.3 Å². The van der Waals surface area contributed by atoms with Crippen LogP contribution in [0.15, 0.2) is 33.8 Å². The quantitative estimate of drug-likeness (QED) is 0.735. The van der Waals surface area contributed by atoms with E-state index >= 15 is 0 Å². The molecule has 0 aromatic carbocycles. The second kappa shape index (κ2) is 7.11. The summed E-state index contributed by atoms with van der Waals surface area (Å²) in [5.74, 6) is -0.141. The number of aromatic nitrogens is 2. The van der Waals surface area contributed by atoms with Crippen molar-refractivity contribution in [3.8, 4) is 9.88 Å². The number of aromatic amines is 1. The highest BCUT2D eigenvalue weighted by Gasteiger charge is 2.11. The van der Waals surface area contributed by atoms with Crippen LogP contribution in [0.2, 0.25) is 0 Å². The molecule has 124 valence electrons. The van der Waals surface area contributed by atoms with Gasteiger partial charge in [-0.3, -0.25) is 9.59 Å². The first kappa shape index (κ1) is 16.6. The third kappa shape index (κ3) is 3.80. The average Bonchev–Trinajstić information content (AvgIpc) is 3.16. The van der Waals surface area contributed by atoms with Gasteiger partial charge in [0.15, 0.2) is 0 Å². The molecule has 0 saturated carbocycles. The minimum absolute atomic E-state index is 0.141. The number of rotatable bonds is 5. The largest absolute Gasteiger partial charge is 0.351 e. The van der Waals surface area contributed by atoms with Crippen LogP contribution in [0, 0.1) is 13.8 Å². The topological polar surface area (TPSA) is 74.8 Å². The van der Waals surface area contributed by atoms with Gasteiger partial charge >= 0.3 is 0 Å². The standard InChI is InChI=1S/C17H17N3O2S2/c1-10-6-11(2)19-16(22)13(10)8-18-15(21)7-12-9-24-17(20-12)14-4-3-5-23-14/h3-6,9H,7-8H2,1-2H3,(H,18,21)(H,19,22). The number of carbonyl (C=O) groups excluding carboxylic acids is 1. The first-order valence-electron chi connectivity index (χ1n) is 7.47. The van der Waals surface area contributed by atoms with Crippen LogP contribution in [-0.4, -0.2) is 15.9 Å². The summed E-state index contributed by atoms with van der Waals surface area (Å²) in [6.45, 7) is 3.93. The molecule has 2 N–H and O–H groups in total. The lowest BCUT2D eigenvalue weighted by Gasteiger charge is -2.07. The van der Waals surface area contributed by atoms with Gasteiger partial charge in [0, 0.05) is 23.2 Å². The summed E-state index contributed by atoms with van der Waals surface area (Å²) in [5.41, 5.74) is 2.88. The molecule has 0 bridgehead atoms. The lowest BCUT2D eigenvalue weighted by molar-refractivity contribution is -0.120. The Hall–Kier alpha value is -2.25. The van der Waals surface area contributed by atoms with E-state index in [1.807, 2.05) is 42.8 Å². The maximum atomic E-state index is 12.1. The Morgan fingerprint density at radius 2 is 2.17 bits per heavy atom. The van der Waals surface area contributed by atoms with Crippen LogP contribution in [0.4, 0.5) is 0 Å². The SMILES string of the molecule is Cc1cc(C)c(CNC(=O)Cc2csc(-c3cccs3)n2)c(=O)[nH]1. The third-order valence-corrected chi connectivity index (χ3v) is 5.51. The molecule has 0 saturated heterocycles. The van der Waals surface area contributed by atoms with Gasteiger partial charge in [0.2, 0.25) is 5.91 Å². The van der Waals surface area contributed by atoms with Crippen molar-refractivity contribution in [2.45, 2.75) is 26.8 Å². The molecular weight excluding hydrogens is 342 g/mol. The third-order valence-electron chi connectivity index (χ3n) is 3.58. The summed E-state index contributed by atoms with van der Waals surface area (Å²) in [7, 11) is 0. The molecule has 0 aliphatic heterocycles. The smallest absolute Gasteiger partial charge is 0.253 e. The molecule has 0 aliphatic carbocycles. The molecule has 7 heteroatoms. The summed E-state index contributed by atoms with van der Waals surface area (Å²) in [6, 6.07) is 5.89. The first-order valence-corrected chi connectivity index (χ1v) is 9.23. The monoisotopic (exact) mass is 359 g/mol. The molecule has 0 radical (unpaired) electrons. The predicted molar refractivity (Wildman–Crippen MR) is 97.5 cm³/mol. The Bertz CT molecular complexity index is 910. The van der Waals surface area contributed by atoms with Gasteiger partial charge in [-0.05, 0) is 36.9 Å². The number of nitrogens with one attached hydrogen (secondary N) is 2. The van der Waals surface area contributed by atoms with Crippen molar-refractivity contribution in [2.75, 3.05) is 0 Å². The van der Waals surface area contributed by atoms with E-state index < -0.39 is 0 Å². The number of amides is 1. The molecule has 1 amide bonds. The summed E-state index contributed by atoms with van der Waals surface area (Å²) in [4.78, 5) is 32.4. The highest BCUT2D eigenvalue weighted by Crippen LogP contribution is 2.27. The highest BCUT2D eigenvalue weighted by molar-refractivity contribution is 7.20. The van der Waals surface area contributed by atoms with Crippen molar-refractivity contribution in [3.05, 3.63) is 61.8 Å². The first-order chi connectivity index (χ1) is 11.5. The Labute approximate surface area is 147 Å². The van der Waals surface area contributed by atoms with Crippen molar-refractivity contribution in [1.29, 1.82) is 0 Å². The van der Waals surface area contributed by atoms with Gasteiger partial charge in [-0.2, -0.15) is 0 Å².